The van der Waals surface area contributed by atoms with Gasteiger partial charge >= 0.3 is 0 Å². The second-order valence-electron chi connectivity index (χ2n) is 5.53. The van der Waals surface area contributed by atoms with E-state index in [1.54, 1.807) is 0 Å². The zero-order valence-corrected chi connectivity index (χ0v) is 11.8. The van der Waals surface area contributed by atoms with Gasteiger partial charge in [-0.1, -0.05) is 26.7 Å². The maximum absolute atomic E-state index is 10.8. The first kappa shape index (κ1) is 14.9. The van der Waals surface area contributed by atoms with Crippen molar-refractivity contribution in [3.8, 4) is 0 Å². The predicted octanol–water partition coefficient (Wildman–Crippen LogP) is 1.47. The molecule has 102 valence electrons. The molecule has 0 aromatic carbocycles. The van der Waals surface area contributed by atoms with Crippen LogP contribution in [0.2, 0.25) is 0 Å². The van der Waals surface area contributed by atoms with E-state index in [0.29, 0.717) is 12.6 Å². The quantitative estimate of drug-likeness (QED) is 0.737. The number of hydrogen-bond donors (Lipinski definition) is 2. The lowest BCUT2D eigenvalue weighted by molar-refractivity contribution is 0.338. The fourth-order valence-corrected chi connectivity index (χ4v) is 3.01. The lowest BCUT2D eigenvalue weighted by atomic mass is 9.89. The first-order chi connectivity index (χ1) is 7.88. The second kappa shape index (κ2) is 6.71. The predicted molar refractivity (Wildman–Crippen MR) is 71.2 cm³/mol. The van der Waals surface area contributed by atoms with E-state index in [2.05, 4.69) is 19.2 Å². The molecule has 2 atom stereocenters. The number of sulfonamides is 1. The molecule has 2 unspecified atom stereocenters. The van der Waals surface area contributed by atoms with Gasteiger partial charge in [-0.2, -0.15) is 0 Å². The van der Waals surface area contributed by atoms with Crippen molar-refractivity contribution in [1.82, 2.24) is 5.32 Å². The molecule has 0 heterocycles. The third-order valence-corrected chi connectivity index (χ3v) is 4.55. The van der Waals surface area contributed by atoms with Crippen molar-refractivity contribution < 1.29 is 8.42 Å². The van der Waals surface area contributed by atoms with Gasteiger partial charge in [-0.15, -0.1) is 0 Å². The van der Waals surface area contributed by atoms with Crippen molar-refractivity contribution in [1.29, 1.82) is 0 Å². The zero-order valence-electron chi connectivity index (χ0n) is 11.0. The van der Waals surface area contributed by atoms with Gasteiger partial charge in [0.15, 0.2) is 0 Å². The van der Waals surface area contributed by atoms with E-state index in [1.807, 2.05) is 0 Å². The monoisotopic (exact) mass is 262 g/mol. The van der Waals surface area contributed by atoms with Crippen LogP contribution in [0.25, 0.3) is 0 Å². The fraction of sp³-hybridized carbons (Fsp3) is 1.00. The van der Waals surface area contributed by atoms with Crippen LogP contribution < -0.4 is 10.5 Å². The summed E-state index contributed by atoms with van der Waals surface area (Å²) < 4.78 is 21.6. The molecule has 0 bridgehead atoms. The van der Waals surface area contributed by atoms with Crippen LogP contribution in [0, 0.1) is 11.8 Å². The van der Waals surface area contributed by atoms with Crippen molar-refractivity contribution in [3.05, 3.63) is 0 Å². The van der Waals surface area contributed by atoms with E-state index >= 15 is 0 Å². The smallest absolute Gasteiger partial charge is 0.210 e. The summed E-state index contributed by atoms with van der Waals surface area (Å²) in [6.07, 6.45) is 6.13. The van der Waals surface area contributed by atoms with Crippen LogP contribution in [0.15, 0.2) is 0 Å². The average Bonchev–Trinajstić information content (AvgIpc) is 2.41. The molecular formula is C12H26N2O2S. The van der Waals surface area contributed by atoms with E-state index in [0.717, 1.165) is 24.7 Å². The molecule has 1 saturated carbocycles. The molecule has 0 aromatic rings. The highest BCUT2D eigenvalue weighted by Crippen LogP contribution is 2.28. The summed E-state index contributed by atoms with van der Waals surface area (Å²) in [5.74, 6) is 1.63. The van der Waals surface area contributed by atoms with E-state index in [4.69, 9.17) is 5.14 Å². The van der Waals surface area contributed by atoms with E-state index < -0.39 is 10.0 Å². The fourth-order valence-electron chi connectivity index (χ4n) is 2.61. The molecule has 0 amide bonds. The highest BCUT2D eigenvalue weighted by molar-refractivity contribution is 7.89. The minimum Gasteiger partial charge on any atom is -0.313 e. The van der Waals surface area contributed by atoms with Gasteiger partial charge in [0.25, 0.3) is 0 Å². The first-order valence-electron chi connectivity index (χ1n) is 6.62. The summed E-state index contributed by atoms with van der Waals surface area (Å²) in [5, 5.41) is 8.29. The van der Waals surface area contributed by atoms with Crippen molar-refractivity contribution in [3.63, 3.8) is 0 Å². The molecule has 0 aliphatic heterocycles. The summed E-state index contributed by atoms with van der Waals surface area (Å²) in [4.78, 5) is 0. The lowest BCUT2D eigenvalue weighted by Gasteiger charge is -2.19. The van der Waals surface area contributed by atoms with Crippen LogP contribution in [0.1, 0.15) is 46.0 Å². The molecule has 1 aliphatic carbocycles. The van der Waals surface area contributed by atoms with Crippen molar-refractivity contribution >= 4 is 10.0 Å². The molecule has 0 aromatic heterocycles. The van der Waals surface area contributed by atoms with Gasteiger partial charge in [0, 0.05) is 12.6 Å². The van der Waals surface area contributed by atoms with Gasteiger partial charge < -0.3 is 5.32 Å². The molecule has 3 N–H and O–H groups in total. The maximum Gasteiger partial charge on any atom is 0.210 e. The van der Waals surface area contributed by atoms with Crippen LogP contribution in [0.3, 0.4) is 0 Å². The first-order valence-corrected chi connectivity index (χ1v) is 8.34. The summed E-state index contributed by atoms with van der Waals surface area (Å²) in [6, 6.07) is 0.473. The topological polar surface area (TPSA) is 72.2 Å². The summed E-state index contributed by atoms with van der Waals surface area (Å²) >= 11 is 0. The molecule has 1 fully saturated rings. The Hall–Kier alpha value is -0.130. The summed E-state index contributed by atoms with van der Waals surface area (Å²) in [7, 11) is -3.32. The van der Waals surface area contributed by atoms with Crippen LogP contribution in [0.4, 0.5) is 0 Å². The molecule has 1 aliphatic rings. The largest absolute Gasteiger partial charge is 0.313 e. The van der Waals surface area contributed by atoms with Crippen molar-refractivity contribution in [2.45, 2.75) is 52.0 Å². The van der Waals surface area contributed by atoms with Crippen molar-refractivity contribution in [2.75, 3.05) is 12.3 Å². The Morgan fingerprint density at radius 1 is 1.24 bits per heavy atom. The Labute approximate surface area is 105 Å². The maximum atomic E-state index is 10.8. The number of rotatable bonds is 5. The molecule has 17 heavy (non-hydrogen) atoms. The minimum absolute atomic E-state index is 0.0388. The minimum atomic E-state index is -3.32. The summed E-state index contributed by atoms with van der Waals surface area (Å²) in [5.41, 5.74) is 0. The molecular weight excluding hydrogens is 236 g/mol. The third kappa shape index (κ3) is 6.38. The Bertz CT molecular complexity index is 314. The second-order valence-corrected chi connectivity index (χ2v) is 7.26. The normalized spacial score (nSPS) is 27.1. The molecule has 5 heteroatoms. The highest BCUT2D eigenvalue weighted by atomic mass is 32.2. The van der Waals surface area contributed by atoms with Gasteiger partial charge in [-0.05, 0) is 31.1 Å². The lowest BCUT2D eigenvalue weighted by Crippen LogP contribution is -2.34. The van der Waals surface area contributed by atoms with Gasteiger partial charge in [-0.3, -0.25) is 0 Å². The van der Waals surface area contributed by atoms with Gasteiger partial charge in [0.1, 0.15) is 0 Å². The zero-order chi connectivity index (χ0) is 12.9. The Kier molecular flexibility index (Phi) is 5.89. The van der Waals surface area contributed by atoms with Gasteiger partial charge in [0.2, 0.25) is 10.0 Å². The van der Waals surface area contributed by atoms with Gasteiger partial charge in [0.05, 0.1) is 5.75 Å². The van der Waals surface area contributed by atoms with Crippen molar-refractivity contribution in [2.24, 2.45) is 17.0 Å². The molecule has 0 saturated heterocycles. The summed E-state index contributed by atoms with van der Waals surface area (Å²) in [6.45, 7) is 5.06. The molecule has 0 spiro atoms. The highest BCUT2D eigenvalue weighted by Gasteiger charge is 2.20. The van der Waals surface area contributed by atoms with Crippen LogP contribution >= 0.6 is 0 Å². The molecule has 0 radical (unpaired) electrons. The standard InChI is InChI=1S/C12H26N2O2S/c1-10(2)11-4-3-5-12(7-6-11)14-8-9-17(13,15)16/h10-12,14H,3-9H2,1-2H3,(H2,13,15,16). The Morgan fingerprint density at radius 2 is 1.94 bits per heavy atom. The van der Waals surface area contributed by atoms with Crippen LogP contribution in [-0.4, -0.2) is 26.8 Å². The number of nitrogens with two attached hydrogens (primary N) is 1. The van der Waals surface area contributed by atoms with Gasteiger partial charge in [-0.25, -0.2) is 13.6 Å². The SMILES string of the molecule is CC(C)C1CCCC(NCCS(N)(=O)=O)CC1. The third-order valence-electron chi connectivity index (χ3n) is 3.78. The number of primary sulfonamides is 1. The molecule has 1 rings (SSSR count). The van der Waals surface area contributed by atoms with E-state index in [-0.39, 0.29) is 5.75 Å². The average molecular weight is 262 g/mol. The van der Waals surface area contributed by atoms with E-state index in [1.165, 1.54) is 19.3 Å². The molecule has 4 nitrogen and oxygen atoms in total. The van der Waals surface area contributed by atoms with Crippen LogP contribution in [-0.2, 0) is 10.0 Å². The Morgan fingerprint density at radius 3 is 2.53 bits per heavy atom. The number of nitrogens with one attached hydrogen (secondary N) is 1. The number of hydrogen-bond acceptors (Lipinski definition) is 3. The van der Waals surface area contributed by atoms with Crippen LogP contribution in [0.5, 0.6) is 0 Å². The Balaban J connectivity index is 2.27. The van der Waals surface area contributed by atoms with E-state index in [9.17, 15) is 8.42 Å².